The third-order valence-electron chi connectivity index (χ3n) is 6.14. The van der Waals surface area contributed by atoms with Gasteiger partial charge in [-0.25, -0.2) is 4.98 Å². The Labute approximate surface area is 168 Å². The van der Waals surface area contributed by atoms with Crippen molar-refractivity contribution in [3.05, 3.63) is 52.6 Å². The standard InChI is InChI=1S/C21H22N8/c1-11-6-18(27-29-12(2)24-25-21(11)29)19-9-17(26-28(19)3)16-8-15(16)14-7-13-4-5-22-20(13)23-10-14/h6-7,9-10,15-16H,4-5,8H2,1-3H3,(H,22,23). The average Bonchev–Trinajstić information content (AvgIpc) is 3.01. The molecule has 1 N–H and O–H groups in total. The molecule has 1 aliphatic carbocycles. The molecule has 8 heteroatoms. The van der Waals surface area contributed by atoms with Gasteiger partial charge in [-0.2, -0.15) is 14.7 Å². The van der Waals surface area contributed by atoms with E-state index in [9.17, 15) is 0 Å². The molecule has 0 amide bonds. The highest BCUT2D eigenvalue weighted by Gasteiger charge is 2.42. The second-order valence-corrected chi connectivity index (χ2v) is 8.18. The van der Waals surface area contributed by atoms with Gasteiger partial charge in [0.2, 0.25) is 0 Å². The molecule has 29 heavy (non-hydrogen) atoms. The van der Waals surface area contributed by atoms with Crippen LogP contribution in [-0.4, -0.2) is 41.1 Å². The summed E-state index contributed by atoms with van der Waals surface area (Å²) < 4.78 is 3.74. The van der Waals surface area contributed by atoms with Gasteiger partial charge < -0.3 is 5.32 Å². The quantitative estimate of drug-likeness (QED) is 0.583. The van der Waals surface area contributed by atoms with Crippen LogP contribution < -0.4 is 5.32 Å². The molecule has 0 bridgehead atoms. The highest BCUT2D eigenvalue weighted by atomic mass is 15.4. The molecule has 8 nitrogen and oxygen atoms in total. The molecule has 1 fully saturated rings. The van der Waals surface area contributed by atoms with E-state index < -0.39 is 0 Å². The van der Waals surface area contributed by atoms with Crippen molar-refractivity contribution in [2.75, 3.05) is 11.9 Å². The highest BCUT2D eigenvalue weighted by molar-refractivity contribution is 5.61. The van der Waals surface area contributed by atoms with Crippen LogP contribution >= 0.6 is 0 Å². The molecule has 5 heterocycles. The van der Waals surface area contributed by atoms with E-state index in [1.165, 1.54) is 11.1 Å². The number of aryl methyl sites for hydroxylation is 3. The van der Waals surface area contributed by atoms with Crippen LogP contribution in [0.5, 0.6) is 0 Å². The number of nitrogens with zero attached hydrogens (tertiary/aromatic N) is 7. The van der Waals surface area contributed by atoms with Gasteiger partial charge >= 0.3 is 0 Å². The summed E-state index contributed by atoms with van der Waals surface area (Å²) in [5, 5.41) is 21.3. The molecule has 4 aromatic heterocycles. The van der Waals surface area contributed by atoms with E-state index in [1.807, 2.05) is 36.3 Å². The fraction of sp³-hybridized carbons (Fsp3) is 0.381. The summed E-state index contributed by atoms with van der Waals surface area (Å²) in [5.74, 6) is 2.79. The Hall–Kier alpha value is -3.29. The molecule has 2 atom stereocenters. The van der Waals surface area contributed by atoms with E-state index in [0.717, 1.165) is 59.3 Å². The lowest BCUT2D eigenvalue weighted by atomic mass is 10.1. The second kappa shape index (κ2) is 5.85. The van der Waals surface area contributed by atoms with Gasteiger partial charge in [0.15, 0.2) is 11.5 Å². The zero-order chi connectivity index (χ0) is 19.7. The summed E-state index contributed by atoms with van der Waals surface area (Å²) in [6.45, 7) is 4.95. The van der Waals surface area contributed by atoms with Gasteiger partial charge in [0, 0.05) is 25.7 Å². The zero-order valence-electron chi connectivity index (χ0n) is 16.7. The molecule has 0 aromatic carbocycles. The first-order chi connectivity index (χ1) is 14.1. The van der Waals surface area contributed by atoms with Crippen molar-refractivity contribution in [2.45, 2.75) is 38.5 Å². The molecule has 1 saturated carbocycles. The maximum Gasteiger partial charge on any atom is 0.180 e. The largest absolute Gasteiger partial charge is 0.370 e. The Kier molecular flexibility index (Phi) is 3.36. The van der Waals surface area contributed by atoms with Crippen molar-refractivity contribution < 1.29 is 0 Å². The zero-order valence-corrected chi connectivity index (χ0v) is 16.7. The fourth-order valence-corrected chi connectivity index (χ4v) is 4.45. The minimum Gasteiger partial charge on any atom is -0.370 e. The van der Waals surface area contributed by atoms with E-state index in [0.29, 0.717) is 11.8 Å². The molecule has 4 aromatic rings. The first-order valence-electron chi connectivity index (χ1n) is 10.0. The number of aromatic nitrogens is 7. The molecule has 0 saturated heterocycles. The van der Waals surface area contributed by atoms with Crippen LogP contribution in [0.25, 0.3) is 17.0 Å². The molecular formula is C21H22N8. The van der Waals surface area contributed by atoms with E-state index in [2.05, 4.69) is 38.7 Å². The summed E-state index contributed by atoms with van der Waals surface area (Å²) in [6.07, 6.45) is 4.22. The van der Waals surface area contributed by atoms with Gasteiger partial charge in [-0.1, -0.05) is 6.07 Å². The van der Waals surface area contributed by atoms with Crippen LogP contribution in [0.4, 0.5) is 5.82 Å². The topological polar surface area (TPSA) is 85.8 Å². The maximum atomic E-state index is 4.82. The molecule has 0 radical (unpaired) electrons. The lowest BCUT2D eigenvalue weighted by Gasteiger charge is -2.04. The van der Waals surface area contributed by atoms with E-state index >= 15 is 0 Å². The number of hydrogen-bond donors (Lipinski definition) is 1. The summed E-state index contributed by atoms with van der Waals surface area (Å²) in [7, 11) is 1.99. The van der Waals surface area contributed by atoms with E-state index in [1.54, 1.807) is 0 Å². The van der Waals surface area contributed by atoms with Crippen LogP contribution in [0.3, 0.4) is 0 Å². The summed E-state index contributed by atoms with van der Waals surface area (Å²) in [5.41, 5.74) is 7.56. The average molecular weight is 386 g/mol. The molecule has 146 valence electrons. The summed E-state index contributed by atoms with van der Waals surface area (Å²) in [4.78, 5) is 4.60. The second-order valence-electron chi connectivity index (χ2n) is 8.18. The van der Waals surface area contributed by atoms with Crippen molar-refractivity contribution in [1.29, 1.82) is 0 Å². The van der Waals surface area contributed by atoms with Crippen LogP contribution in [0.15, 0.2) is 24.4 Å². The molecule has 2 unspecified atom stereocenters. The SMILES string of the molecule is Cc1cc(-c2cc(C3CC3c3cnc4c(c3)CCN4)nn2C)nn2c(C)nnc12. The van der Waals surface area contributed by atoms with Crippen molar-refractivity contribution in [2.24, 2.45) is 7.05 Å². The normalized spacial score (nSPS) is 20.1. The Morgan fingerprint density at radius 1 is 1.07 bits per heavy atom. The van der Waals surface area contributed by atoms with Gasteiger partial charge in [0.1, 0.15) is 11.5 Å². The molecule has 0 spiro atoms. The predicted molar refractivity (Wildman–Crippen MR) is 109 cm³/mol. The van der Waals surface area contributed by atoms with Crippen molar-refractivity contribution >= 4 is 11.5 Å². The smallest absolute Gasteiger partial charge is 0.180 e. The Morgan fingerprint density at radius 3 is 2.86 bits per heavy atom. The van der Waals surface area contributed by atoms with Gasteiger partial charge in [-0.05, 0) is 61.4 Å². The number of anilines is 1. The first-order valence-corrected chi connectivity index (χ1v) is 10.0. The monoisotopic (exact) mass is 386 g/mol. The molecule has 6 rings (SSSR count). The summed E-state index contributed by atoms with van der Waals surface area (Å²) >= 11 is 0. The fourth-order valence-electron chi connectivity index (χ4n) is 4.45. The van der Waals surface area contributed by atoms with Gasteiger partial charge in [-0.15, -0.1) is 10.2 Å². The summed E-state index contributed by atoms with van der Waals surface area (Å²) in [6, 6.07) is 6.57. The van der Waals surface area contributed by atoms with Gasteiger partial charge in [0.05, 0.1) is 11.4 Å². The number of pyridine rings is 1. The van der Waals surface area contributed by atoms with Crippen LogP contribution in [0.2, 0.25) is 0 Å². The van der Waals surface area contributed by atoms with E-state index in [4.69, 9.17) is 10.2 Å². The predicted octanol–water partition coefficient (Wildman–Crippen LogP) is 2.78. The Balaban J connectivity index is 1.32. The van der Waals surface area contributed by atoms with E-state index in [-0.39, 0.29) is 0 Å². The number of fused-ring (bicyclic) bond motifs is 2. The Bertz CT molecular complexity index is 1270. The van der Waals surface area contributed by atoms with Gasteiger partial charge in [-0.3, -0.25) is 4.68 Å². The van der Waals surface area contributed by atoms with Crippen molar-refractivity contribution in [3.8, 4) is 11.4 Å². The Morgan fingerprint density at radius 2 is 1.97 bits per heavy atom. The maximum absolute atomic E-state index is 4.82. The molecule has 1 aliphatic heterocycles. The molecule has 2 aliphatic rings. The third kappa shape index (κ3) is 2.55. The highest BCUT2D eigenvalue weighted by Crippen LogP contribution is 2.54. The number of nitrogens with one attached hydrogen (secondary N) is 1. The number of hydrogen-bond acceptors (Lipinski definition) is 6. The minimum atomic E-state index is 0.450. The minimum absolute atomic E-state index is 0.450. The molecular weight excluding hydrogens is 364 g/mol. The van der Waals surface area contributed by atoms with Gasteiger partial charge in [0.25, 0.3) is 0 Å². The van der Waals surface area contributed by atoms with Crippen LogP contribution in [-0.2, 0) is 13.5 Å². The van der Waals surface area contributed by atoms with Crippen LogP contribution in [0.1, 0.15) is 46.5 Å². The van der Waals surface area contributed by atoms with Crippen molar-refractivity contribution in [1.82, 2.24) is 34.6 Å². The number of rotatable bonds is 3. The third-order valence-corrected chi connectivity index (χ3v) is 6.14. The van der Waals surface area contributed by atoms with Crippen molar-refractivity contribution in [3.63, 3.8) is 0 Å². The van der Waals surface area contributed by atoms with Crippen LogP contribution in [0, 0.1) is 13.8 Å². The lowest BCUT2D eigenvalue weighted by Crippen LogP contribution is -2.02. The first kappa shape index (κ1) is 16.6. The lowest BCUT2D eigenvalue weighted by molar-refractivity contribution is 0.741.